The van der Waals surface area contributed by atoms with Gasteiger partial charge in [0.05, 0.1) is 19.5 Å². The highest BCUT2D eigenvalue weighted by Gasteiger charge is 2.40. The molecule has 1 atom stereocenters. The summed E-state index contributed by atoms with van der Waals surface area (Å²) in [6.07, 6.45) is 5.16. The van der Waals surface area contributed by atoms with Gasteiger partial charge < -0.3 is 13.3 Å². The molecule has 138 valence electrons. The van der Waals surface area contributed by atoms with Crippen molar-refractivity contribution in [2.75, 3.05) is 32.1 Å². The summed E-state index contributed by atoms with van der Waals surface area (Å²) in [6.45, 7) is 6.86. The van der Waals surface area contributed by atoms with Crippen LogP contribution in [0.5, 0.6) is 5.95 Å². The first kappa shape index (κ1) is 18.5. The van der Waals surface area contributed by atoms with E-state index in [1.165, 1.54) is 12.3 Å². The first-order valence-corrected chi connectivity index (χ1v) is 10.1. The molecule has 8 heteroatoms. The van der Waals surface area contributed by atoms with Gasteiger partial charge in [0.1, 0.15) is 5.75 Å². The number of hydrogen-bond acceptors (Lipinski definition) is 6. The van der Waals surface area contributed by atoms with Crippen LogP contribution in [-0.4, -0.2) is 51.4 Å². The molecule has 0 N–H and O–H groups in total. The van der Waals surface area contributed by atoms with Crippen LogP contribution in [0.3, 0.4) is 0 Å². The van der Waals surface area contributed by atoms with Crippen LogP contribution < -0.4 is 4.18 Å². The maximum absolute atomic E-state index is 12.5. The molecule has 1 aromatic heterocycles. The van der Waals surface area contributed by atoms with Gasteiger partial charge in [-0.1, -0.05) is 31.5 Å². The monoisotopic (exact) mass is 387 g/mol. The van der Waals surface area contributed by atoms with Gasteiger partial charge in [-0.05, 0) is 17.7 Å². The van der Waals surface area contributed by atoms with Crippen molar-refractivity contribution in [3.05, 3.63) is 41.2 Å². The molecule has 0 spiro atoms. The van der Waals surface area contributed by atoms with Crippen LogP contribution in [0, 0.1) is 5.41 Å². The third-order valence-corrected chi connectivity index (χ3v) is 5.90. The number of furan rings is 1. The SMILES string of the molecule is CC1(C)C=CC(Cl)=C(CS(=O)(=O)Oc2ccco2)C1N1CCOCC1. The fraction of sp³-hybridized carbons (Fsp3) is 0.529. The maximum atomic E-state index is 12.5. The van der Waals surface area contributed by atoms with Crippen LogP contribution in [0.4, 0.5) is 0 Å². The lowest BCUT2D eigenvalue weighted by atomic mass is 9.76. The predicted octanol–water partition coefficient (Wildman–Crippen LogP) is 2.78. The third-order valence-electron chi connectivity index (χ3n) is 4.45. The van der Waals surface area contributed by atoms with E-state index in [2.05, 4.69) is 18.7 Å². The van der Waals surface area contributed by atoms with E-state index in [1.807, 2.05) is 6.08 Å². The highest BCUT2D eigenvalue weighted by atomic mass is 35.5. The van der Waals surface area contributed by atoms with Gasteiger partial charge in [0, 0.05) is 35.6 Å². The summed E-state index contributed by atoms with van der Waals surface area (Å²) in [5, 5.41) is 0.447. The number of allylic oxidation sites excluding steroid dienone is 2. The van der Waals surface area contributed by atoms with Crippen molar-refractivity contribution in [1.82, 2.24) is 4.90 Å². The van der Waals surface area contributed by atoms with Crippen molar-refractivity contribution in [2.45, 2.75) is 19.9 Å². The van der Waals surface area contributed by atoms with E-state index in [9.17, 15) is 8.42 Å². The van der Waals surface area contributed by atoms with E-state index < -0.39 is 10.1 Å². The fourth-order valence-corrected chi connectivity index (χ4v) is 4.81. The summed E-state index contributed by atoms with van der Waals surface area (Å²) in [5.41, 5.74) is 0.383. The lowest BCUT2D eigenvalue weighted by molar-refractivity contribution is 0.00496. The fourth-order valence-electron chi connectivity index (χ4n) is 3.40. The minimum atomic E-state index is -3.89. The van der Waals surface area contributed by atoms with Crippen LogP contribution in [0.15, 0.2) is 45.6 Å². The molecule has 0 saturated carbocycles. The van der Waals surface area contributed by atoms with Crippen LogP contribution in [0.25, 0.3) is 0 Å². The zero-order chi connectivity index (χ0) is 18.1. The second-order valence-corrected chi connectivity index (χ2v) is 8.77. The molecule has 1 aliphatic carbocycles. The van der Waals surface area contributed by atoms with Gasteiger partial charge >= 0.3 is 16.1 Å². The Hall–Kier alpha value is -1.28. The van der Waals surface area contributed by atoms with E-state index in [1.54, 1.807) is 12.1 Å². The van der Waals surface area contributed by atoms with Crippen LogP contribution >= 0.6 is 11.6 Å². The molecule has 6 nitrogen and oxygen atoms in total. The van der Waals surface area contributed by atoms with Crippen molar-refractivity contribution in [2.24, 2.45) is 5.41 Å². The van der Waals surface area contributed by atoms with Gasteiger partial charge in [-0.25, -0.2) is 0 Å². The Balaban J connectivity index is 1.88. The second kappa shape index (κ2) is 7.15. The topological polar surface area (TPSA) is 69.0 Å². The number of rotatable bonds is 5. The summed E-state index contributed by atoms with van der Waals surface area (Å²) in [7, 11) is -3.89. The largest absolute Gasteiger partial charge is 0.433 e. The van der Waals surface area contributed by atoms with E-state index in [0.29, 0.717) is 23.8 Å². The summed E-state index contributed by atoms with van der Waals surface area (Å²) >= 11 is 6.40. The normalized spacial score (nSPS) is 24.5. The van der Waals surface area contributed by atoms with E-state index in [4.69, 9.17) is 24.9 Å². The Labute approximate surface area is 153 Å². The molecule has 1 unspecified atom stereocenters. The smallest absolute Gasteiger partial charge is 0.315 e. The number of nitrogens with zero attached hydrogens (tertiary/aromatic N) is 1. The number of ether oxygens (including phenoxy) is 1. The van der Waals surface area contributed by atoms with Crippen molar-refractivity contribution in [3.8, 4) is 5.95 Å². The van der Waals surface area contributed by atoms with E-state index in [-0.39, 0.29) is 23.2 Å². The van der Waals surface area contributed by atoms with Gasteiger partial charge in [0.15, 0.2) is 0 Å². The Morgan fingerprint density at radius 1 is 1.36 bits per heavy atom. The number of morpholine rings is 1. The molecule has 1 fully saturated rings. The van der Waals surface area contributed by atoms with Gasteiger partial charge in [0.25, 0.3) is 0 Å². The molecule has 3 rings (SSSR count). The molecule has 0 aromatic carbocycles. The first-order chi connectivity index (χ1) is 11.8. The summed E-state index contributed by atoms with van der Waals surface area (Å²) in [5.74, 6) is -0.340. The van der Waals surface area contributed by atoms with Crippen molar-refractivity contribution >= 4 is 21.7 Å². The third kappa shape index (κ3) is 4.28. The molecule has 0 radical (unpaired) electrons. The maximum Gasteiger partial charge on any atom is 0.315 e. The zero-order valence-electron chi connectivity index (χ0n) is 14.3. The molecule has 1 saturated heterocycles. The van der Waals surface area contributed by atoms with E-state index >= 15 is 0 Å². The molecule has 2 aliphatic rings. The van der Waals surface area contributed by atoms with Gasteiger partial charge in [-0.2, -0.15) is 8.42 Å². The molecule has 0 bridgehead atoms. The Morgan fingerprint density at radius 2 is 2.08 bits per heavy atom. The lowest BCUT2D eigenvalue weighted by Gasteiger charge is -2.45. The van der Waals surface area contributed by atoms with Crippen LogP contribution in [0.2, 0.25) is 0 Å². The van der Waals surface area contributed by atoms with Crippen molar-refractivity contribution < 1.29 is 21.8 Å². The molecule has 0 amide bonds. The molecule has 1 aliphatic heterocycles. The number of hydrogen-bond donors (Lipinski definition) is 0. The predicted molar refractivity (Wildman–Crippen MR) is 95.1 cm³/mol. The van der Waals surface area contributed by atoms with Gasteiger partial charge in [-0.15, -0.1) is 0 Å². The average Bonchev–Trinajstić information content (AvgIpc) is 3.04. The van der Waals surface area contributed by atoms with Crippen molar-refractivity contribution in [1.29, 1.82) is 0 Å². The molecular formula is C17H22ClNO5S. The quantitative estimate of drug-likeness (QED) is 0.723. The van der Waals surface area contributed by atoms with E-state index in [0.717, 1.165) is 13.1 Å². The van der Waals surface area contributed by atoms with Gasteiger partial charge in [0.2, 0.25) is 0 Å². The Morgan fingerprint density at radius 3 is 2.72 bits per heavy atom. The average molecular weight is 388 g/mol. The molecular weight excluding hydrogens is 366 g/mol. The zero-order valence-corrected chi connectivity index (χ0v) is 15.8. The highest BCUT2D eigenvalue weighted by molar-refractivity contribution is 7.87. The van der Waals surface area contributed by atoms with Crippen LogP contribution in [0.1, 0.15) is 13.8 Å². The minimum Gasteiger partial charge on any atom is -0.433 e. The summed E-state index contributed by atoms with van der Waals surface area (Å²) in [4.78, 5) is 2.23. The number of halogens is 1. The Bertz CT molecular complexity index is 761. The minimum absolute atomic E-state index is 0.0507. The van der Waals surface area contributed by atoms with Gasteiger partial charge in [-0.3, -0.25) is 4.90 Å². The summed E-state index contributed by atoms with van der Waals surface area (Å²) in [6, 6.07) is 2.89. The second-order valence-electron chi connectivity index (χ2n) is 6.80. The van der Waals surface area contributed by atoms with Crippen LogP contribution in [-0.2, 0) is 14.9 Å². The molecule has 25 heavy (non-hydrogen) atoms. The highest BCUT2D eigenvalue weighted by Crippen LogP contribution is 2.39. The standard InChI is InChI=1S/C17H22ClNO5S/c1-17(2)6-5-14(18)13(16(17)19-7-10-22-11-8-19)12-25(20,21)24-15-4-3-9-23-15/h3-6,9,16H,7-8,10-12H2,1-2H3. The Kier molecular flexibility index (Phi) is 5.29. The van der Waals surface area contributed by atoms with Crippen molar-refractivity contribution in [3.63, 3.8) is 0 Å². The molecule has 2 heterocycles. The first-order valence-electron chi connectivity index (χ1n) is 8.14. The summed E-state index contributed by atoms with van der Waals surface area (Å²) < 4.78 is 40.5. The molecule has 1 aromatic rings. The lowest BCUT2D eigenvalue weighted by Crippen LogP contribution is -2.52.